The maximum atomic E-state index is 12.5. The molecule has 0 atom stereocenters. The molecule has 0 spiro atoms. The van der Waals surface area contributed by atoms with Crippen LogP contribution >= 0.6 is 11.3 Å². The van der Waals surface area contributed by atoms with Gasteiger partial charge in [-0.25, -0.2) is 4.98 Å². The summed E-state index contributed by atoms with van der Waals surface area (Å²) in [5, 5.41) is 2.84. The second kappa shape index (κ2) is 6.85. The molecular weight excluding hydrogens is 284 g/mol. The van der Waals surface area contributed by atoms with Gasteiger partial charge >= 0.3 is 0 Å². The van der Waals surface area contributed by atoms with Gasteiger partial charge in [0.25, 0.3) is 5.91 Å². The normalized spacial score (nSPS) is 21.1. The van der Waals surface area contributed by atoms with Crippen molar-refractivity contribution in [2.45, 2.75) is 38.1 Å². The van der Waals surface area contributed by atoms with Gasteiger partial charge in [0.1, 0.15) is 5.69 Å². The third-order valence-electron chi connectivity index (χ3n) is 4.57. The van der Waals surface area contributed by atoms with E-state index >= 15 is 0 Å². The zero-order chi connectivity index (χ0) is 14.7. The Morgan fingerprint density at radius 2 is 2.00 bits per heavy atom. The number of piperazine rings is 1. The van der Waals surface area contributed by atoms with Crippen LogP contribution in [-0.2, 0) is 6.42 Å². The Bertz CT molecular complexity index is 476. The molecule has 116 valence electrons. The molecule has 1 aliphatic carbocycles. The van der Waals surface area contributed by atoms with Crippen molar-refractivity contribution in [3.05, 3.63) is 16.1 Å². The average molecular weight is 308 g/mol. The molecule has 6 heteroatoms. The molecule has 2 aliphatic rings. The summed E-state index contributed by atoms with van der Waals surface area (Å²) in [6, 6.07) is 0.762. The smallest absolute Gasteiger partial charge is 0.273 e. The first-order valence-corrected chi connectivity index (χ1v) is 8.83. The van der Waals surface area contributed by atoms with Crippen molar-refractivity contribution in [2.24, 2.45) is 5.73 Å². The van der Waals surface area contributed by atoms with Crippen LogP contribution in [0, 0.1) is 0 Å². The number of thiazole rings is 1. The average Bonchev–Trinajstić information content (AvgIpc) is 3.19. The van der Waals surface area contributed by atoms with Gasteiger partial charge in [-0.05, 0) is 19.4 Å². The van der Waals surface area contributed by atoms with Crippen LogP contribution in [0.5, 0.6) is 0 Å². The molecule has 0 aromatic carbocycles. The minimum absolute atomic E-state index is 0.0839. The van der Waals surface area contributed by atoms with Gasteiger partial charge in [0, 0.05) is 44.0 Å². The maximum absolute atomic E-state index is 12.5. The third-order valence-corrected chi connectivity index (χ3v) is 5.48. The molecule has 1 aromatic rings. The number of hydrogen-bond acceptors (Lipinski definition) is 5. The molecule has 3 rings (SSSR count). The Labute approximate surface area is 130 Å². The second-order valence-electron chi connectivity index (χ2n) is 5.93. The molecule has 0 radical (unpaired) electrons. The van der Waals surface area contributed by atoms with Gasteiger partial charge < -0.3 is 10.6 Å². The number of carbonyl (C=O) groups is 1. The fraction of sp³-hybridized carbons (Fsp3) is 0.733. The number of nitrogens with zero attached hydrogens (tertiary/aromatic N) is 3. The van der Waals surface area contributed by atoms with Crippen LogP contribution in [0.3, 0.4) is 0 Å². The van der Waals surface area contributed by atoms with E-state index in [1.54, 1.807) is 0 Å². The summed E-state index contributed by atoms with van der Waals surface area (Å²) in [5.74, 6) is 0.0839. The minimum atomic E-state index is 0.0839. The maximum Gasteiger partial charge on any atom is 0.273 e. The summed E-state index contributed by atoms with van der Waals surface area (Å²) in [7, 11) is 0. The molecule has 1 aromatic heterocycles. The highest BCUT2D eigenvalue weighted by Gasteiger charge is 2.28. The molecule has 21 heavy (non-hydrogen) atoms. The molecule has 0 bridgehead atoms. The molecule has 1 aliphatic heterocycles. The van der Waals surface area contributed by atoms with E-state index in [4.69, 9.17) is 5.73 Å². The van der Waals surface area contributed by atoms with Crippen molar-refractivity contribution < 1.29 is 4.79 Å². The molecule has 2 N–H and O–H groups in total. The molecular formula is C15H24N4OS. The number of amides is 1. The van der Waals surface area contributed by atoms with E-state index in [0.717, 1.165) is 43.6 Å². The Balaban J connectivity index is 1.54. The summed E-state index contributed by atoms with van der Waals surface area (Å²) in [6.07, 6.45) is 6.16. The van der Waals surface area contributed by atoms with Gasteiger partial charge in [-0.15, -0.1) is 11.3 Å². The molecule has 5 nitrogen and oxygen atoms in total. The van der Waals surface area contributed by atoms with E-state index in [-0.39, 0.29) is 5.91 Å². The summed E-state index contributed by atoms with van der Waals surface area (Å²) in [4.78, 5) is 21.4. The number of rotatable bonds is 4. The quantitative estimate of drug-likeness (QED) is 0.912. The fourth-order valence-corrected chi connectivity index (χ4v) is 4.16. The Kier molecular flexibility index (Phi) is 4.87. The number of carbonyl (C=O) groups excluding carboxylic acids is 1. The highest BCUT2D eigenvalue weighted by Crippen LogP contribution is 2.24. The van der Waals surface area contributed by atoms with E-state index < -0.39 is 0 Å². The lowest BCUT2D eigenvalue weighted by Gasteiger charge is -2.37. The van der Waals surface area contributed by atoms with E-state index in [2.05, 4.69) is 9.88 Å². The van der Waals surface area contributed by atoms with Gasteiger partial charge in [0.2, 0.25) is 0 Å². The largest absolute Gasteiger partial charge is 0.335 e. The van der Waals surface area contributed by atoms with Crippen molar-refractivity contribution in [1.29, 1.82) is 0 Å². The topological polar surface area (TPSA) is 62.5 Å². The van der Waals surface area contributed by atoms with Crippen LogP contribution in [0.25, 0.3) is 0 Å². The Hall–Kier alpha value is -0.980. The SMILES string of the molecule is NCCc1nc(C(=O)N2CCN(C3CCCC3)CC2)cs1. The predicted molar refractivity (Wildman–Crippen MR) is 84.6 cm³/mol. The van der Waals surface area contributed by atoms with Crippen LogP contribution < -0.4 is 5.73 Å². The van der Waals surface area contributed by atoms with E-state index in [1.165, 1.54) is 37.0 Å². The highest BCUT2D eigenvalue weighted by atomic mass is 32.1. The third kappa shape index (κ3) is 3.44. The molecule has 1 saturated carbocycles. The molecule has 1 saturated heterocycles. The van der Waals surface area contributed by atoms with E-state index in [1.807, 2.05) is 10.3 Å². The van der Waals surface area contributed by atoms with E-state index in [9.17, 15) is 4.79 Å². The first-order chi connectivity index (χ1) is 10.3. The van der Waals surface area contributed by atoms with Crippen molar-refractivity contribution in [1.82, 2.24) is 14.8 Å². The van der Waals surface area contributed by atoms with Crippen LogP contribution in [0.1, 0.15) is 41.2 Å². The lowest BCUT2D eigenvalue weighted by atomic mass is 10.2. The van der Waals surface area contributed by atoms with Gasteiger partial charge in [0.05, 0.1) is 5.01 Å². The number of nitrogens with two attached hydrogens (primary N) is 1. The van der Waals surface area contributed by atoms with Gasteiger partial charge in [-0.1, -0.05) is 12.8 Å². The van der Waals surface area contributed by atoms with Crippen molar-refractivity contribution in [2.75, 3.05) is 32.7 Å². The van der Waals surface area contributed by atoms with Gasteiger partial charge in [-0.3, -0.25) is 9.69 Å². The summed E-state index contributed by atoms with van der Waals surface area (Å²) < 4.78 is 0. The van der Waals surface area contributed by atoms with Crippen LogP contribution in [0.15, 0.2) is 5.38 Å². The standard InChI is InChI=1S/C15H24N4OS/c16-6-5-14-17-13(11-21-14)15(20)19-9-7-18(8-10-19)12-3-1-2-4-12/h11-12H,1-10,16H2. The Morgan fingerprint density at radius 1 is 1.29 bits per heavy atom. The van der Waals surface area contributed by atoms with Gasteiger partial charge in [-0.2, -0.15) is 0 Å². The highest BCUT2D eigenvalue weighted by molar-refractivity contribution is 7.09. The summed E-state index contributed by atoms with van der Waals surface area (Å²) in [6.45, 7) is 4.27. The zero-order valence-corrected chi connectivity index (χ0v) is 13.3. The lowest BCUT2D eigenvalue weighted by Crippen LogP contribution is -2.51. The van der Waals surface area contributed by atoms with Crippen molar-refractivity contribution >= 4 is 17.2 Å². The fourth-order valence-electron chi connectivity index (χ4n) is 3.37. The Morgan fingerprint density at radius 3 is 2.67 bits per heavy atom. The second-order valence-corrected chi connectivity index (χ2v) is 6.87. The number of hydrogen-bond donors (Lipinski definition) is 1. The predicted octanol–water partition coefficient (Wildman–Crippen LogP) is 1.34. The molecule has 2 heterocycles. The molecule has 1 amide bonds. The van der Waals surface area contributed by atoms with Crippen LogP contribution in [0.4, 0.5) is 0 Å². The van der Waals surface area contributed by atoms with E-state index in [0.29, 0.717) is 12.2 Å². The van der Waals surface area contributed by atoms with Crippen LogP contribution in [-0.4, -0.2) is 59.5 Å². The first-order valence-electron chi connectivity index (χ1n) is 7.95. The number of aromatic nitrogens is 1. The first kappa shape index (κ1) is 14.9. The molecule has 2 fully saturated rings. The van der Waals surface area contributed by atoms with Crippen molar-refractivity contribution in [3.63, 3.8) is 0 Å². The summed E-state index contributed by atoms with van der Waals surface area (Å²) >= 11 is 1.54. The van der Waals surface area contributed by atoms with Crippen molar-refractivity contribution in [3.8, 4) is 0 Å². The monoisotopic (exact) mass is 308 g/mol. The van der Waals surface area contributed by atoms with Crippen LogP contribution in [0.2, 0.25) is 0 Å². The van der Waals surface area contributed by atoms with Gasteiger partial charge in [0.15, 0.2) is 0 Å². The summed E-state index contributed by atoms with van der Waals surface area (Å²) in [5.41, 5.74) is 6.12. The molecule has 0 unspecified atom stereocenters. The lowest BCUT2D eigenvalue weighted by molar-refractivity contribution is 0.0568. The zero-order valence-electron chi connectivity index (χ0n) is 12.5. The minimum Gasteiger partial charge on any atom is -0.335 e.